The highest BCUT2D eigenvalue weighted by Crippen LogP contribution is 2.25. The van der Waals surface area contributed by atoms with E-state index in [4.69, 9.17) is 11.6 Å². The van der Waals surface area contributed by atoms with Crippen LogP contribution in [0.25, 0.3) is 0 Å². The number of benzene rings is 1. The number of hydrogen-bond acceptors (Lipinski definition) is 3. The number of likely N-dealkylation sites (tertiary alicyclic amines) is 1. The first kappa shape index (κ1) is 18.2. The molecular weight excluding hydrogens is 382 g/mol. The van der Waals surface area contributed by atoms with Crippen molar-refractivity contribution in [2.45, 2.75) is 19.8 Å². The number of rotatable bonds is 5. The Bertz CT molecular complexity index is 582. The molecule has 1 aromatic rings. The van der Waals surface area contributed by atoms with Crippen LogP contribution in [0.1, 0.15) is 19.8 Å². The van der Waals surface area contributed by atoms with Gasteiger partial charge in [0.1, 0.15) is 0 Å². The van der Waals surface area contributed by atoms with Crippen LogP contribution in [0.4, 0.5) is 5.69 Å². The average Bonchev–Trinajstić information content (AvgIpc) is 2.50. The highest BCUT2D eigenvalue weighted by atomic mass is 79.9. The highest BCUT2D eigenvalue weighted by Gasteiger charge is 2.26. The highest BCUT2D eigenvalue weighted by molar-refractivity contribution is 9.10. The maximum absolute atomic E-state index is 12.2. The lowest BCUT2D eigenvalue weighted by atomic mass is 9.97. The molecule has 0 spiro atoms. The van der Waals surface area contributed by atoms with Gasteiger partial charge in [0.2, 0.25) is 11.8 Å². The van der Waals surface area contributed by atoms with Crippen molar-refractivity contribution in [1.29, 1.82) is 0 Å². The Labute approximate surface area is 149 Å². The summed E-state index contributed by atoms with van der Waals surface area (Å²) in [6.45, 7) is 4.26. The molecule has 1 fully saturated rings. The van der Waals surface area contributed by atoms with E-state index in [1.165, 1.54) is 0 Å². The van der Waals surface area contributed by atoms with Crippen LogP contribution in [0.15, 0.2) is 22.7 Å². The maximum Gasteiger partial charge on any atom is 0.238 e. The molecule has 2 amide bonds. The van der Waals surface area contributed by atoms with Gasteiger partial charge in [-0.1, -0.05) is 27.5 Å². The second-order valence-electron chi connectivity index (χ2n) is 5.64. The smallest absolute Gasteiger partial charge is 0.238 e. The van der Waals surface area contributed by atoms with E-state index in [1.54, 1.807) is 12.1 Å². The zero-order valence-electron chi connectivity index (χ0n) is 13.1. The van der Waals surface area contributed by atoms with E-state index in [1.807, 2.05) is 17.9 Å². The van der Waals surface area contributed by atoms with Gasteiger partial charge in [0.15, 0.2) is 0 Å². The molecule has 2 N–H and O–H groups in total. The molecule has 0 radical (unpaired) electrons. The average molecular weight is 403 g/mol. The Kier molecular flexibility index (Phi) is 6.87. The largest absolute Gasteiger partial charge is 0.356 e. The normalized spacial score (nSPS) is 18.5. The van der Waals surface area contributed by atoms with Crippen molar-refractivity contribution in [2.24, 2.45) is 5.92 Å². The number of amides is 2. The van der Waals surface area contributed by atoms with E-state index < -0.39 is 0 Å². The molecule has 0 bridgehead atoms. The lowest BCUT2D eigenvalue weighted by molar-refractivity contribution is -0.127. The number of carbonyl (C=O) groups excluding carboxylic acids is 2. The molecule has 23 heavy (non-hydrogen) atoms. The maximum atomic E-state index is 12.2. The van der Waals surface area contributed by atoms with Gasteiger partial charge in [0.25, 0.3) is 0 Å². The predicted molar refractivity (Wildman–Crippen MR) is 95.6 cm³/mol. The minimum Gasteiger partial charge on any atom is -0.356 e. The van der Waals surface area contributed by atoms with Crippen LogP contribution in [0, 0.1) is 5.92 Å². The number of nitrogens with one attached hydrogen (secondary N) is 2. The zero-order chi connectivity index (χ0) is 16.8. The molecule has 0 saturated carbocycles. The molecule has 1 aliphatic rings. The van der Waals surface area contributed by atoms with Gasteiger partial charge in [0, 0.05) is 17.6 Å². The summed E-state index contributed by atoms with van der Waals surface area (Å²) < 4.78 is 0.862. The van der Waals surface area contributed by atoms with Crippen molar-refractivity contribution >= 4 is 45.0 Å². The minimum absolute atomic E-state index is 0.0345. The summed E-state index contributed by atoms with van der Waals surface area (Å²) >= 11 is 9.44. The summed E-state index contributed by atoms with van der Waals surface area (Å²) in [7, 11) is 0. The number of anilines is 1. The van der Waals surface area contributed by atoms with Crippen molar-refractivity contribution in [3.8, 4) is 0 Å². The number of nitrogens with zero attached hydrogens (tertiary/aromatic N) is 1. The molecule has 1 aromatic carbocycles. The van der Waals surface area contributed by atoms with E-state index in [-0.39, 0.29) is 24.3 Å². The first-order valence-electron chi connectivity index (χ1n) is 7.74. The van der Waals surface area contributed by atoms with E-state index in [2.05, 4.69) is 26.6 Å². The summed E-state index contributed by atoms with van der Waals surface area (Å²) in [4.78, 5) is 26.2. The molecule has 1 unspecified atom stereocenters. The summed E-state index contributed by atoms with van der Waals surface area (Å²) in [5.74, 6) is -0.0768. The second-order valence-corrected chi connectivity index (χ2v) is 6.96. The molecule has 126 valence electrons. The topological polar surface area (TPSA) is 61.4 Å². The summed E-state index contributed by atoms with van der Waals surface area (Å²) in [6.07, 6.45) is 1.80. The fourth-order valence-electron chi connectivity index (χ4n) is 2.72. The van der Waals surface area contributed by atoms with Crippen LogP contribution in [0.5, 0.6) is 0 Å². The third kappa shape index (κ3) is 5.48. The number of halogens is 2. The molecule has 0 aliphatic carbocycles. The Hall–Kier alpha value is -1.11. The molecule has 1 aliphatic heterocycles. The van der Waals surface area contributed by atoms with Crippen LogP contribution >= 0.6 is 27.5 Å². The van der Waals surface area contributed by atoms with Crippen molar-refractivity contribution in [3.63, 3.8) is 0 Å². The van der Waals surface area contributed by atoms with Gasteiger partial charge in [-0.3, -0.25) is 14.5 Å². The first-order chi connectivity index (χ1) is 11.0. The Morgan fingerprint density at radius 2 is 2.22 bits per heavy atom. The van der Waals surface area contributed by atoms with Gasteiger partial charge >= 0.3 is 0 Å². The summed E-state index contributed by atoms with van der Waals surface area (Å²) in [5, 5.41) is 6.17. The van der Waals surface area contributed by atoms with Crippen molar-refractivity contribution in [1.82, 2.24) is 10.2 Å². The SMILES string of the molecule is CCNC(=O)C1CCCN(CC(=O)Nc2ccc(Br)cc2Cl)C1. The zero-order valence-corrected chi connectivity index (χ0v) is 15.4. The van der Waals surface area contributed by atoms with Crippen LogP contribution in [-0.2, 0) is 9.59 Å². The fourth-order valence-corrected chi connectivity index (χ4v) is 3.44. The quantitative estimate of drug-likeness (QED) is 0.796. The summed E-state index contributed by atoms with van der Waals surface area (Å²) in [6, 6.07) is 5.33. The molecule has 5 nitrogen and oxygen atoms in total. The van der Waals surface area contributed by atoms with E-state index >= 15 is 0 Å². The predicted octanol–water partition coefficient (Wildman–Crippen LogP) is 2.89. The molecule has 7 heteroatoms. The Morgan fingerprint density at radius 3 is 2.91 bits per heavy atom. The monoisotopic (exact) mass is 401 g/mol. The molecule has 1 heterocycles. The molecule has 1 atom stereocenters. The fraction of sp³-hybridized carbons (Fsp3) is 0.500. The molecule has 1 saturated heterocycles. The third-order valence-electron chi connectivity index (χ3n) is 3.80. The number of carbonyl (C=O) groups is 2. The Morgan fingerprint density at radius 1 is 1.43 bits per heavy atom. The van der Waals surface area contributed by atoms with E-state index in [9.17, 15) is 9.59 Å². The van der Waals surface area contributed by atoms with Gasteiger partial charge in [0.05, 0.1) is 23.2 Å². The molecular formula is C16H21BrClN3O2. The van der Waals surface area contributed by atoms with E-state index in [0.717, 1.165) is 23.9 Å². The molecule has 2 rings (SSSR count). The van der Waals surface area contributed by atoms with Gasteiger partial charge < -0.3 is 10.6 Å². The van der Waals surface area contributed by atoms with Crippen molar-refractivity contribution in [2.75, 3.05) is 31.5 Å². The molecule has 0 aromatic heterocycles. The van der Waals surface area contributed by atoms with Crippen LogP contribution in [0.3, 0.4) is 0 Å². The lowest BCUT2D eigenvalue weighted by Crippen LogP contribution is -2.45. The van der Waals surface area contributed by atoms with E-state index in [0.29, 0.717) is 23.8 Å². The van der Waals surface area contributed by atoms with Crippen LogP contribution in [-0.4, -0.2) is 42.9 Å². The second kappa shape index (κ2) is 8.66. The van der Waals surface area contributed by atoms with Gasteiger partial charge in [-0.25, -0.2) is 0 Å². The van der Waals surface area contributed by atoms with Crippen molar-refractivity contribution < 1.29 is 9.59 Å². The van der Waals surface area contributed by atoms with Gasteiger partial charge in [-0.2, -0.15) is 0 Å². The minimum atomic E-state index is -0.120. The number of piperidine rings is 1. The number of hydrogen-bond donors (Lipinski definition) is 2. The Balaban J connectivity index is 1.88. The summed E-state index contributed by atoms with van der Waals surface area (Å²) in [5.41, 5.74) is 0.595. The lowest BCUT2D eigenvalue weighted by Gasteiger charge is -2.31. The van der Waals surface area contributed by atoms with Crippen LogP contribution < -0.4 is 10.6 Å². The third-order valence-corrected chi connectivity index (χ3v) is 4.61. The van der Waals surface area contributed by atoms with Crippen LogP contribution in [0.2, 0.25) is 5.02 Å². The van der Waals surface area contributed by atoms with Gasteiger partial charge in [-0.05, 0) is 44.5 Å². The van der Waals surface area contributed by atoms with Crippen molar-refractivity contribution in [3.05, 3.63) is 27.7 Å². The van der Waals surface area contributed by atoms with Gasteiger partial charge in [-0.15, -0.1) is 0 Å². The first-order valence-corrected chi connectivity index (χ1v) is 8.91. The standard InChI is InChI=1S/C16H21BrClN3O2/c1-2-19-16(23)11-4-3-7-21(9-11)10-15(22)20-14-6-5-12(17)8-13(14)18/h5-6,8,11H,2-4,7,9-10H2,1H3,(H,19,23)(H,20,22).